The number of hydrogen-bond donors (Lipinski definition) is 1. The van der Waals surface area contributed by atoms with Crippen molar-refractivity contribution in [3.8, 4) is 11.5 Å². The van der Waals surface area contributed by atoms with Gasteiger partial charge in [-0.15, -0.1) is 0 Å². The Morgan fingerprint density at radius 1 is 1.08 bits per heavy atom. The van der Waals surface area contributed by atoms with E-state index >= 15 is 0 Å². The summed E-state index contributed by atoms with van der Waals surface area (Å²) in [6.07, 6.45) is 0.433. The number of anilines is 1. The van der Waals surface area contributed by atoms with Crippen molar-refractivity contribution in [1.29, 1.82) is 0 Å². The maximum Gasteiger partial charge on any atom is 0.262 e. The zero-order valence-electron chi connectivity index (χ0n) is 20.8. The number of nitrogens with zero attached hydrogens (tertiary/aromatic N) is 3. The predicted octanol–water partition coefficient (Wildman–Crippen LogP) is 5.02. The molecular weight excluding hydrogens is 507 g/mol. The van der Waals surface area contributed by atoms with Crippen molar-refractivity contribution < 1.29 is 23.5 Å². The largest absolute Gasteiger partial charge is 0.497 e. The van der Waals surface area contributed by atoms with E-state index in [0.717, 1.165) is 11.1 Å². The normalized spacial score (nSPS) is 18.7. The fourth-order valence-corrected chi connectivity index (χ4v) is 5.40. The van der Waals surface area contributed by atoms with Gasteiger partial charge in [0.05, 0.1) is 26.0 Å². The number of hydrogen-bond acceptors (Lipinski definition) is 7. The number of aliphatic imine (C=N–C) groups is 1. The molecule has 0 saturated heterocycles. The summed E-state index contributed by atoms with van der Waals surface area (Å²) in [4.78, 5) is 29.7. The SMILES string of the molecule is COc1ccc(OC)c(C2=NN(C3=NC(=O)[C@H](CC(=O)Nc4ccccc4)S3)[C@@H](c3ccc(F)cc3)C2)c1. The van der Waals surface area contributed by atoms with Gasteiger partial charge in [0, 0.05) is 24.1 Å². The topological polar surface area (TPSA) is 92.6 Å². The Morgan fingerprint density at radius 3 is 2.55 bits per heavy atom. The van der Waals surface area contributed by atoms with Crippen LogP contribution in [-0.2, 0) is 9.59 Å². The smallest absolute Gasteiger partial charge is 0.262 e. The minimum absolute atomic E-state index is 0.0271. The molecular formula is C28H25FN4O4S. The van der Waals surface area contributed by atoms with Crippen LogP contribution in [0.15, 0.2) is 82.9 Å². The molecule has 0 bridgehead atoms. The second-order valence-corrected chi connectivity index (χ2v) is 9.86. The lowest BCUT2D eigenvalue weighted by Gasteiger charge is -2.23. The molecule has 0 radical (unpaired) electrons. The van der Waals surface area contributed by atoms with E-state index in [0.29, 0.717) is 34.5 Å². The third kappa shape index (κ3) is 5.40. The first-order chi connectivity index (χ1) is 18.4. The molecule has 3 aromatic rings. The molecule has 0 saturated carbocycles. The molecule has 0 fully saturated rings. The minimum Gasteiger partial charge on any atom is -0.497 e. The molecule has 2 aliphatic rings. The highest BCUT2D eigenvalue weighted by atomic mass is 32.2. The van der Waals surface area contributed by atoms with E-state index in [2.05, 4.69) is 10.3 Å². The molecule has 2 atom stereocenters. The van der Waals surface area contributed by atoms with Crippen LogP contribution in [0.5, 0.6) is 11.5 Å². The summed E-state index contributed by atoms with van der Waals surface area (Å²) in [6, 6.07) is 20.3. The number of ether oxygens (including phenoxy) is 2. The van der Waals surface area contributed by atoms with E-state index in [1.54, 1.807) is 55.6 Å². The van der Waals surface area contributed by atoms with Crippen LogP contribution in [-0.4, -0.2) is 47.2 Å². The van der Waals surface area contributed by atoms with E-state index in [1.807, 2.05) is 24.3 Å². The zero-order chi connectivity index (χ0) is 26.6. The number of methoxy groups -OCH3 is 2. The Hall–Kier alpha value is -4.18. The number of rotatable bonds is 7. The van der Waals surface area contributed by atoms with E-state index in [1.165, 1.54) is 23.9 Å². The van der Waals surface area contributed by atoms with Crippen LogP contribution >= 0.6 is 11.8 Å². The average Bonchev–Trinajstić information content (AvgIpc) is 3.53. The summed E-state index contributed by atoms with van der Waals surface area (Å²) in [5, 5.41) is 9.04. The molecule has 8 nitrogen and oxygen atoms in total. The first-order valence-corrected chi connectivity index (χ1v) is 12.8. The maximum atomic E-state index is 13.7. The van der Waals surface area contributed by atoms with Crippen LogP contribution in [0.3, 0.4) is 0 Å². The van der Waals surface area contributed by atoms with Crippen molar-refractivity contribution in [2.75, 3.05) is 19.5 Å². The second kappa shape index (κ2) is 11.1. The molecule has 2 heterocycles. The van der Waals surface area contributed by atoms with Gasteiger partial charge in [-0.25, -0.2) is 9.40 Å². The number of carbonyl (C=O) groups is 2. The van der Waals surface area contributed by atoms with Crippen molar-refractivity contribution in [2.45, 2.75) is 24.1 Å². The van der Waals surface area contributed by atoms with Gasteiger partial charge in [-0.1, -0.05) is 42.1 Å². The van der Waals surface area contributed by atoms with Crippen LogP contribution in [0, 0.1) is 5.82 Å². The Balaban J connectivity index is 1.41. The zero-order valence-corrected chi connectivity index (χ0v) is 21.6. The summed E-state index contributed by atoms with van der Waals surface area (Å²) in [5.74, 6) is 0.250. The number of para-hydroxylation sites is 1. The molecule has 2 amide bonds. The monoisotopic (exact) mass is 532 g/mol. The van der Waals surface area contributed by atoms with Gasteiger partial charge in [0.1, 0.15) is 22.6 Å². The van der Waals surface area contributed by atoms with Gasteiger partial charge < -0.3 is 14.8 Å². The standard InChI is InChI=1S/C28H25FN4O4S/c1-36-20-12-13-24(37-2)21(14-20)22-15-23(17-8-10-18(29)11-9-17)33(32-22)28-31-27(35)25(38-28)16-26(34)30-19-6-4-3-5-7-19/h3-14,23,25H,15-16H2,1-2H3,(H,30,34)/t23-,25+/m1/s1. The van der Waals surface area contributed by atoms with E-state index in [4.69, 9.17) is 14.6 Å². The lowest BCUT2D eigenvalue weighted by Crippen LogP contribution is -2.25. The number of amidine groups is 1. The van der Waals surface area contributed by atoms with Gasteiger partial charge in [0.25, 0.3) is 5.91 Å². The second-order valence-electron chi connectivity index (χ2n) is 8.69. The van der Waals surface area contributed by atoms with Crippen molar-refractivity contribution in [1.82, 2.24) is 5.01 Å². The lowest BCUT2D eigenvalue weighted by molar-refractivity contribution is -0.121. The summed E-state index contributed by atoms with van der Waals surface area (Å²) in [6.45, 7) is 0. The molecule has 5 rings (SSSR count). The third-order valence-corrected chi connectivity index (χ3v) is 7.38. The highest BCUT2D eigenvalue weighted by molar-refractivity contribution is 8.15. The van der Waals surface area contributed by atoms with Crippen LogP contribution in [0.4, 0.5) is 10.1 Å². The van der Waals surface area contributed by atoms with Crippen molar-refractivity contribution in [3.05, 3.63) is 89.7 Å². The van der Waals surface area contributed by atoms with Gasteiger partial charge >= 0.3 is 0 Å². The summed E-state index contributed by atoms with van der Waals surface area (Å²) in [5.41, 5.74) is 2.92. The fourth-order valence-electron chi connectivity index (χ4n) is 4.34. The van der Waals surface area contributed by atoms with E-state index in [-0.39, 0.29) is 24.2 Å². The summed E-state index contributed by atoms with van der Waals surface area (Å²) in [7, 11) is 3.16. The molecule has 2 aliphatic heterocycles. The number of nitrogens with one attached hydrogen (secondary N) is 1. The van der Waals surface area contributed by atoms with Crippen molar-refractivity contribution in [2.24, 2.45) is 10.1 Å². The Kier molecular flexibility index (Phi) is 7.41. The van der Waals surface area contributed by atoms with E-state index < -0.39 is 11.2 Å². The molecule has 194 valence electrons. The van der Waals surface area contributed by atoms with E-state index in [9.17, 15) is 14.0 Å². The molecule has 10 heteroatoms. The molecule has 0 aromatic heterocycles. The van der Waals surface area contributed by atoms with Crippen LogP contribution in [0.2, 0.25) is 0 Å². The van der Waals surface area contributed by atoms with Gasteiger partial charge in [0.2, 0.25) is 5.91 Å². The first-order valence-electron chi connectivity index (χ1n) is 11.9. The first kappa shape index (κ1) is 25.5. The molecule has 1 N–H and O–H groups in total. The van der Waals surface area contributed by atoms with Crippen molar-refractivity contribution in [3.63, 3.8) is 0 Å². The van der Waals surface area contributed by atoms with Crippen LogP contribution in [0.1, 0.15) is 30.0 Å². The number of halogens is 1. The quantitative estimate of drug-likeness (QED) is 0.459. The average molecular weight is 533 g/mol. The number of benzene rings is 3. The predicted molar refractivity (Wildman–Crippen MR) is 145 cm³/mol. The van der Waals surface area contributed by atoms with Gasteiger partial charge in [0.15, 0.2) is 5.17 Å². The third-order valence-electron chi connectivity index (χ3n) is 6.24. The molecule has 0 aliphatic carbocycles. The highest BCUT2D eigenvalue weighted by Crippen LogP contribution is 2.40. The lowest BCUT2D eigenvalue weighted by atomic mass is 9.98. The number of hydrazone groups is 1. The fraction of sp³-hybridized carbons (Fsp3) is 0.214. The van der Waals surface area contributed by atoms with Crippen LogP contribution < -0.4 is 14.8 Å². The number of carbonyl (C=O) groups excluding carboxylic acids is 2. The Morgan fingerprint density at radius 2 is 1.84 bits per heavy atom. The van der Waals surface area contributed by atoms with Crippen LogP contribution in [0.25, 0.3) is 0 Å². The Labute approximate surface area is 223 Å². The summed E-state index contributed by atoms with van der Waals surface area (Å²) < 4.78 is 24.7. The van der Waals surface area contributed by atoms with Gasteiger partial charge in [-0.05, 0) is 48.0 Å². The summed E-state index contributed by atoms with van der Waals surface area (Å²) >= 11 is 1.20. The van der Waals surface area contributed by atoms with Gasteiger partial charge in [-0.2, -0.15) is 10.1 Å². The number of thioether (sulfide) groups is 1. The molecule has 0 unspecified atom stereocenters. The maximum absolute atomic E-state index is 13.7. The molecule has 38 heavy (non-hydrogen) atoms. The minimum atomic E-state index is -0.673. The number of amides is 2. The highest BCUT2D eigenvalue weighted by Gasteiger charge is 2.39. The van der Waals surface area contributed by atoms with Crippen molar-refractivity contribution >= 4 is 40.1 Å². The Bertz CT molecular complexity index is 1410. The van der Waals surface area contributed by atoms with Gasteiger partial charge in [-0.3, -0.25) is 9.59 Å². The molecule has 0 spiro atoms. The molecule has 3 aromatic carbocycles.